The maximum absolute atomic E-state index is 13.5. The summed E-state index contributed by atoms with van der Waals surface area (Å²) in [6.07, 6.45) is 8.78. The van der Waals surface area contributed by atoms with E-state index in [4.69, 9.17) is 4.74 Å². The van der Waals surface area contributed by atoms with Crippen LogP contribution in [0.3, 0.4) is 0 Å². The zero-order valence-electron chi connectivity index (χ0n) is 17.7. The second kappa shape index (κ2) is 10.8. The average molecular weight is 469 g/mol. The third-order valence-corrected chi connectivity index (χ3v) is 7.28. The van der Waals surface area contributed by atoms with Crippen LogP contribution in [0.4, 0.5) is 9.18 Å². The number of nitrogens with zero attached hydrogens (tertiary/aromatic N) is 2. The minimum atomic E-state index is -0.221. The molecule has 162 valence electrons. The van der Waals surface area contributed by atoms with Crippen molar-refractivity contribution >= 4 is 22.0 Å². The van der Waals surface area contributed by atoms with E-state index in [1.165, 1.54) is 36.8 Å². The smallest absolute Gasteiger partial charge is 0.409 e. The number of piperidine rings is 1. The molecule has 2 fully saturated rings. The quantitative estimate of drug-likeness (QED) is 0.553. The fourth-order valence-corrected chi connectivity index (χ4v) is 4.98. The second-order valence-electron chi connectivity index (χ2n) is 8.93. The SMILES string of the molecule is CN(C)C(=O)OC1CCC(CCN2CCC(Cc3cc(F)ccc3Br)CC2)CC1. The van der Waals surface area contributed by atoms with Crippen molar-refractivity contribution in [1.29, 1.82) is 0 Å². The molecular weight excluding hydrogens is 435 g/mol. The molecule has 1 aliphatic carbocycles. The van der Waals surface area contributed by atoms with E-state index in [9.17, 15) is 9.18 Å². The van der Waals surface area contributed by atoms with Crippen LogP contribution < -0.4 is 0 Å². The average Bonchev–Trinajstić information content (AvgIpc) is 2.71. The number of hydrogen-bond donors (Lipinski definition) is 0. The lowest BCUT2D eigenvalue weighted by Crippen LogP contribution is -2.36. The molecule has 2 aliphatic rings. The lowest BCUT2D eigenvalue weighted by molar-refractivity contribution is 0.0442. The van der Waals surface area contributed by atoms with Gasteiger partial charge in [-0.15, -0.1) is 0 Å². The fraction of sp³-hybridized carbons (Fsp3) is 0.696. The summed E-state index contributed by atoms with van der Waals surface area (Å²) in [6.45, 7) is 3.46. The minimum absolute atomic E-state index is 0.0963. The molecule has 0 N–H and O–H groups in total. The Bertz CT molecular complexity index is 669. The molecule has 0 bridgehead atoms. The Kier molecular flexibility index (Phi) is 8.36. The molecule has 1 saturated carbocycles. The fourth-order valence-electron chi connectivity index (χ4n) is 4.58. The van der Waals surface area contributed by atoms with Gasteiger partial charge in [-0.2, -0.15) is 0 Å². The third kappa shape index (κ3) is 6.95. The highest BCUT2D eigenvalue weighted by Gasteiger charge is 2.26. The van der Waals surface area contributed by atoms with E-state index in [-0.39, 0.29) is 18.0 Å². The molecule has 0 aromatic heterocycles. The predicted molar refractivity (Wildman–Crippen MR) is 117 cm³/mol. The molecule has 4 nitrogen and oxygen atoms in total. The Morgan fingerprint density at radius 3 is 2.48 bits per heavy atom. The van der Waals surface area contributed by atoms with Gasteiger partial charge in [0, 0.05) is 18.6 Å². The largest absolute Gasteiger partial charge is 0.446 e. The molecule has 1 saturated heterocycles. The Morgan fingerprint density at radius 1 is 1.14 bits per heavy atom. The molecule has 1 aromatic rings. The van der Waals surface area contributed by atoms with Crippen LogP contribution in [0.2, 0.25) is 0 Å². The molecule has 0 unspecified atom stereocenters. The Balaban J connectivity index is 1.32. The molecule has 0 atom stereocenters. The highest BCUT2D eigenvalue weighted by atomic mass is 79.9. The van der Waals surface area contributed by atoms with Gasteiger partial charge >= 0.3 is 6.09 Å². The topological polar surface area (TPSA) is 32.8 Å². The summed E-state index contributed by atoms with van der Waals surface area (Å²) >= 11 is 3.56. The van der Waals surface area contributed by atoms with Crippen molar-refractivity contribution in [2.75, 3.05) is 33.7 Å². The highest BCUT2D eigenvalue weighted by Crippen LogP contribution is 2.30. The van der Waals surface area contributed by atoms with Gasteiger partial charge in [0.1, 0.15) is 11.9 Å². The van der Waals surface area contributed by atoms with Crippen LogP contribution >= 0.6 is 15.9 Å². The monoisotopic (exact) mass is 468 g/mol. The lowest BCUT2D eigenvalue weighted by atomic mass is 9.84. The number of carbonyl (C=O) groups excluding carboxylic acids is 1. The van der Waals surface area contributed by atoms with Gasteiger partial charge in [-0.25, -0.2) is 9.18 Å². The number of halogens is 2. The summed E-state index contributed by atoms with van der Waals surface area (Å²) < 4.78 is 20.0. The van der Waals surface area contributed by atoms with Gasteiger partial charge in [-0.1, -0.05) is 15.9 Å². The van der Waals surface area contributed by atoms with E-state index >= 15 is 0 Å². The summed E-state index contributed by atoms with van der Waals surface area (Å²) in [5.41, 5.74) is 1.09. The molecular formula is C23H34BrFN2O2. The highest BCUT2D eigenvalue weighted by molar-refractivity contribution is 9.10. The number of likely N-dealkylation sites (tertiary alicyclic amines) is 1. The number of benzene rings is 1. The number of carbonyl (C=O) groups is 1. The summed E-state index contributed by atoms with van der Waals surface area (Å²) in [6, 6.07) is 4.99. The van der Waals surface area contributed by atoms with Crippen LogP contribution in [0.15, 0.2) is 22.7 Å². The van der Waals surface area contributed by atoms with Gasteiger partial charge in [0.25, 0.3) is 0 Å². The van der Waals surface area contributed by atoms with Gasteiger partial charge in [-0.3, -0.25) is 0 Å². The van der Waals surface area contributed by atoms with E-state index in [2.05, 4.69) is 20.8 Å². The first-order valence-corrected chi connectivity index (χ1v) is 11.7. The first-order chi connectivity index (χ1) is 13.9. The summed E-state index contributed by atoms with van der Waals surface area (Å²) in [5, 5.41) is 0. The summed E-state index contributed by atoms with van der Waals surface area (Å²) in [4.78, 5) is 15.8. The van der Waals surface area contributed by atoms with Crippen molar-refractivity contribution in [1.82, 2.24) is 9.80 Å². The van der Waals surface area contributed by atoms with Crippen LogP contribution in [0.1, 0.15) is 50.5 Å². The zero-order valence-corrected chi connectivity index (χ0v) is 19.3. The molecule has 0 radical (unpaired) electrons. The molecule has 1 amide bonds. The first-order valence-electron chi connectivity index (χ1n) is 10.9. The van der Waals surface area contributed by atoms with Crippen LogP contribution in [0.5, 0.6) is 0 Å². The van der Waals surface area contributed by atoms with Crippen LogP contribution in [0, 0.1) is 17.7 Å². The van der Waals surface area contributed by atoms with Crippen molar-refractivity contribution in [3.8, 4) is 0 Å². The van der Waals surface area contributed by atoms with E-state index in [0.29, 0.717) is 5.92 Å². The Hall–Kier alpha value is -1.14. The summed E-state index contributed by atoms with van der Waals surface area (Å²) in [7, 11) is 3.46. The molecule has 1 aromatic carbocycles. The van der Waals surface area contributed by atoms with Crippen molar-refractivity contribution in [3.05, 3.63) is 34.1 Å². The maximum atomic E-state index is 13.5. The van der Waals surface area contributed by atoms with Gasteiger partial charge in [0.15, 0.2) is 0 Å². The predicted octanol–water partition coefficient (Wildman–Crippen LogP) is 5.49. The number of hydrogen-bond acceptors (Lipinski definition) is 3. The number of amides is 1. The van der Waals surface area contributed by atoms with Gasteiger partial charge in [0.05, 0.1) is 0 Å². The van der Waals surface area contributed by atoms with Gasteiger partial charge in [0.2, 0.25) is 0 Å². The van der Waals surface area contributed by atoms with Crippen LogP contribution in [-0.4, -0.2) is 55.7 Å². The standard InChI is InChI=1S/C23H34BrFN2O2/c1-26(2)23(28)29-21-6-3-17(4-7-21)9-12-27-13-10-18(11-14-27)15-19-16-20(25)5-8-22(19)24/h5,8,16-18,21H,3-4,6-7,9-15H2,1-2H3. The third-order valence-electron chi connectivity index (χ3n) is 6.50. The molecule has 1 aliphatic heterocycles. The molecule has 3 rings (SSSR count). The molecule has 29 heavy (non-hydrogen) atoms. The zero-order chi connectivity index (χ0) is 20.8. The van der Waals surface area contributed by atoms with Crippen molar-refractivity contribution in [2.24, 2.45) is 11.8 Å². The minimum Gasteiger partial charge on any atom is -0.446 e. The molecule has 6 heteroatoms. The molecule has 0 spiro atoms. The van der Waals surface area contributed by atoms with Crippen LogP contribution in [0.25, 0.3) is 0 Å². The van der Waals surface area contributed by atoms with Crippen molar-refractivity contribution in [2.45, 2.75) is 57.5 Å². The first kappa shape index (κ1) is 22.5. The Morgan fingerprint density at radius 2 is 1.83 bits per heavy atom. The van der Waals surface area contributed by atoms with E-state index in [0.717, 1.165) is 61.1 Å². The van der Waals surface area contributed by atoms with E-state index < -0.39 is 0 Å². The van der Waals surface area contributed by atoms with Crippen molar-refractivity contribution < 1.29 is 13.9 Å². The van der Waals surface area contributed by atoms with E-state index in [1.807, 2.05) is 6.07 Å². The second-order valence-corrected chi connectivity index (χ2v) is 9.79. The van der Waals surface area contributed by atoms with Gasteiger partial charge in [-0.05, 0) is 107 Å². The normalized spacial score (nSPS) is 23.7. The Labute approximate surface area is 182 Å². The van der Waals surface area contributed by atoms with Gasteiger partial charge < -0.3 is 14.5 Å². The number of rotatable bonds is 6. The van der Waals surface area contributed by atoms with Crippen molar-refractivity contribution in [3.63, 3.8) is 0 Å². The number of ether oxygens (including phenoxy) is 1. The lowest BCUT2D eigenvalue weighted by Gasteiger charge is -2.34. The summed E-state index contributed by atoms with van der Waals surface area (Å²) in [5.74, 6) is 1.25. The molecule has 1 heterocycles. The maximum Gasteiger partial charge on any atom is 0.409 e. The van der Waals surface area contributed by atoms with Crippen LogP contribution in [-0.2, 0) is 11.2 Å². The van der Waals surface area contributed by atoms with E-state index in [1.54, 1.807) is 20.2 Å².